The molecule has 3 N–H and O–H groups in total. The lowest BCUT2D eigenvalue weighted by atomic mass is 10.2. The molecule has 2 aromatic carbocycles. The zero-order chi connectivity index (χ0) is 15.1. The van der Waals surface area contributed by atoms with Gasteiger partial charge >= 0.3 is 0 Å². The molecule has 5 nitrogen and oxygen atoms in total. The molecule has 0 fully saturated rings. The van der Waals surface area contributed by atoms with Gasteiger partial charge in [-0.3, -0.25) is 4.79 Å². The Balaban J connectivity index is 1.76. The minimum Gasteiger partial charge on any atom is -0.493 e. The molecule has 0 saturated heterocycles. The Morgan fingerprint density at radius 1 is 1.14 bits per heavy atom. The van der Waals surface area contributed by atoms with Gasteiger partial charge in [0.1, 0.15) is 5.75 Å². The van der Waals surface area contributed by atoms with E-state index in [-0.39, 0.29) is 18.9 Å². The molecule has 5 heteroatoms. The maximum Gasteiger partial charge on any atom is 0.227 e. The summed E-state index contributed by atoms with van der Waals surface area (Å²) in [6.45, 7) is 0.284. The van der Waals surface area contributed by atoms with Crippen LogP contribution in [-0.2, 0) is 4.79 Å². The van der Waals surface area contributed by atoms with Gasteiger partial charge in [0, 0.05) is 11.4 Å². The minimum absolute atomic E-state index is 0.143. The van der Waals surface area contributed by atoms with Gasteiger partial charge in [-0.25, -0.2) is 0 Å². The molecule has 0 aliphatic heterocycles. The molecule has 0 aliphatic carbocycles. The van der Waals surface area contributed by atoms with Crippen LogP contribution in [0, 0.1) is 11.3 Å². The summed E-state index contributed by atoms with van der Waals surface area (Å²) in [5.41, 5.74) is 7.45. The summed E-state index contributed by atoms with van der Waals surface area (Å²) in [7, 11) is 0. The van der Waals surface area contributed by atoms with Crippen molar-refractivity contribution in [2.24, 2.45) is 0 Å². The summed E-state index contributed by atoms with van der Waals surface area (Å²) in [5, 5.41) is 11.4. The average molecular weight is 281 g/mol. The summed E-state index contributed by atoms with van der Waals surface area (Å²) in [5.74, 6) is 0.533. The predicted octanol–water partition coefficient (Wildman–Crippen LogP) is 2.55. The first-order chi connectivity index (χ1) is 10.2. The fraction of sp³-hybridized carbons (Fsp3) is 0.125. The van der Waals surface area contributed by atoms with Gasteiger partial charge in [0.05, 0.1) is 24.7 Å². The number of anilines is 2. The summed E-state index contributed by atoms with van der Waals surface area (Å²) in [4.78, 5) is 11.7. The van der Waals surface area contributed by atoms with Gasteiger partial charge in [-0.15, -0.1) is 0 Å². The molecule has 0 radical (unpaired) electrons. The summed E-state index contributed by atoms with van der Waals surface area (Å²) < 4.78 is 5.45. The molecule has 0 unspecified atom stereocenters. The van der Waals surface area contributed by atoms with E-state index in [1.807, 2.05) is 6.07 Å². The molecule has 1 amide bonds. The molecular formula is C16H15N3O2. The number of nitrogens with one attached hydrogen (secondary N) is 1. The van der Waals surface area contributed by atoms with Crippen molar-refractivity contribution in [3.63, 3.8) is 0 Å². The van der Waals surface area contributed by atoms with Crippen molar-refractivity contribution in [1.82, 2.24) is 0 Å². The Kier molecular flexibility index (Phi) is 4.78. The summed E-state index contributed by atoms with van der Waals surface area (Å²) in [6, 6.07) is 15.7. The second-order valence-corrected chi connectivity index (χ2v) is 4.40. The fourth-order valence-electron chi connectivity index (χ4n) is 1.68. The third kappa shape index (κ3) is 4.55. The van der Waals surface area contributed by atoms with E-state index in [9.17, 15) is 4.79 Å². The molecule has 0 atom stereocenters. The highest BCUT2D eigenvalue weighted by Gasteiger charge is 2.03. The number of ether oxygens (including phenoxy) is 1. The molecule has 0 aliphatic rings. The van der Waals surface area contributed by atoms with Gasteiger partial charge in [0.15, 0.2) is 0 Å². The first kappa shape index (κ1) is 14.4. The zero-order valence-corrected chi connectivity index (χ0v) is 11.4. The summed E-state index contributed by atoms with van der Waals surface area (Å²) >= 11 is 0. The van der Waals surface area contributed by atoms with Crippen LogP contribution >= 0.6 is 0 Å². The van der Waals surface area contributed by atoms with Crippen molar-refractivity contribution >= 4 is 17.3 Å². The lowest BCUT2D eigenvalue weighted by molar-refractivity contribution is -0.116. The van der Waals surface area contributed by atoms with Gasteiger partial charge in [0.2, 0.25) is 5.91 Å². The third-order valence-corrected chi connectivity index (χ3v) is 2.78. The van der Waals surface area contributed by atoms with E-state index in [1.165, 1.54) is 0 Å². The van der Waals surface area contributed by atoms with E-state index in [2.05, 4.69) is 5.32 Å². The van der Waals surface area contributed by atoms with Crippen molar-refractivity contribution in [3.8, 4) is 11.8 Å². The Labute approximate surface area is 123 Å². The van der Waals surface area contributed by atoms with Crippen molar-refractivity contribution < 1.29 is 9.53 Å². The first-order valence-electron chi connectivity index (χ1n) is 6.46. The monoisotopic (exact) mass is 281 g/mol. The van der Waals surface area contributed by atoms with E-state index < -0.39 is 0 Å². The van der Waals surface area contributed by atoms with Crippen LogP contribution in [0.1, 0.15) is 12.0 Å². The van der Waals surface area contributed by atoms with Crippen LogP contribution in [0.15, 0.2) is 48.5 Å². The van der Waals surface area contributed by atoms with Gasteiger partial charge in [0.25, 0.3) is 0 Å². The van der Waals surface area contributed by atoms with Gasteiger partial charge in [-0.05, 0) is 48.5 Å². The molecule has 0 spiro atoms. The van der Waals surface area contributed by atoms with Crippen molar-refractivity contribution in [2.45, 2.75) is 6.42 Å². The normalized spacial score (nSPS) is 9.67. The van der Waals surface area contributed by atoms with E-state index >= 15 is 0 Å². The average Bonchev–Trinajstić information content (AvgIpc) is 2.50. The largest absolute Gasteiger partial charge is 0.493 e. The van der Waals surface area contributed by atoms with Crippen LogP contribution in [0.25, 0.3) is 0 Å². The molecule has 21 heavy (non-hydrogen) atoms. The lowest BCUT2D eigenvalue weighted by Gasteiger charge is -2.07. The number of benzene rings is 2. The standard InChI is InChI=1S/C16H15N3O2/c17-11-12-1-5-14(6-2-12)19-16(20)9-10-21-15-7-3-13(18)4-8-15/h1-8H,9-10,18H2,(H,19,20). The van der Waals surface area contributed by atoms with Crippen LogP contribution in [0.2, 0.25) is 0 Å². The summed E-state index contributed by atoms with van der Waals surface area (Å²) in [6.07, 6.45) is 0.240. The second kappa shape index (κ2) is 6.96. The number of carbonyl (C=O) groups excluding carboxylic acids is 1. The SMILES string of the molecule is N#Cc1ccc(NC(=O)CCOc2ccc(N)cc2)cc1. The molecule has 0 heterocycles. The van der Waals surface area contributed by atoms with Gasteiger partial charge < -0.3 is 15.8 Å². The molecule has 0 saturated carbocycles. The maximum absolute atomic E-state index is 11.7. The quantitative estimate of drug-likeness (QED) is 0.824. The van der Waals surface area contributed by atoms with Crippen LogP contribution in [0.4, 0.5) is 11.4 Å². The van der Waals surface area contributed by atoms with Crippen molar-refractivity contribution in [3.05, 3.63) is 54.1 Å². The maximum atomic E-state index is 11.7. The Bertz CT molecular complexity index is 643. The molecule has 106 valence electrons. The van der Waals surface area contributed by atoms with Gasteiger partial charge in [-0.1, -0.05) is 0 Å². The van der Waals surface area contributed by atoms with Crippen LogP contribution in [0.3, 0.4) is 0 Å². The fourth-order valence-corrected chi connectivity index (χ4v) is 1.68. The number of nitriles is 1. The Morgan fingerprint density at radius 3 is 2.43 bits per heavy atom. The predicted molar refractivity (Wildman–Crippen MR) is 80.8 cm³/mol. The molecular weight excluding hydrogens is 266 g/mol. The zero-order valence-electron chi connectivity index (χ0n) is 11.4. The second-order valence-electron chi connectivity index (χ2n) is 4.40. The van der Waals surface area contributed by atoms with Gasteiger partial charge in [-0.2, -0.15) is 5.26 Å². The number of hydrogen-bond acceptors (Lipinski definition) is 4. The number of nitrogens with zero attached hydrogens (tertiary/aromatic N) is 1. The van der Waals surface area contributed by atoms with E-state index in [0.717, 1.165) is 0 Å². The number of nitrogen functional groups attached to an aromatic ring is 1. The minimum atomic E-state index is -0.143. The molecule has 2 aromatic rings. The number of nitrogens with two attached hydrogens (primary N) is 1. The highest BCUT2D eigenvalue weighted by atomic mass is 16.5. The van der Waals surface area contributed by atoms with E-state index in [4.69, 9.17) is 15.7 Å². The molecule has 0 bridgehead atoms. The topological polar surface area (TPSA) is 88.1 Å². The first-order valence-corrected chi connectivity index (χ1v) is 6.46. The smallest absolute Gasteiger partial charge is 0.227 e. The van der Waals surface area contributed by atoms with Crippen molar-refractivity contribution in [2.75, 3.05) is 17.7 Å². The lowest BCUT2D eigenvalue weighted by Crippen LogP contribution is -2.15. The molecule has 2 rings (SSSR count). The number of carbonyl (C=O) groups is 1. The van der Waals surface area contributed by atoms with Crippen LogP contribution in [-0.4, -0.2) is 12.5 Å². The van der Waals surface area contributed by atoms with Crippen molar-refractivity contribution in [1.29, 1.82) is 5.26 Å². The molecule has 0 aromatic heterocycles. The number of amides is 1. The number of hydrogen-bond donors (Lipinski definition) is 2. The Hall–Kier alpha value is -3.00. The number of rotatable bonds is 5. The highest BCUT2D eigenvalue weighted by molar-refractivity contribution is 5.90. The third-order valence-electron chi connectivity index (χ3n) is 2.78. The van der Waals surface area contributed by atoms with Crippen LogP contribution in [0.5, 0.6) is 5.75 Å². The van der Waals surface area contributed by atoms with E-state index in [1.54, 1.807) is 48.5 Å². The highest BCUT2D eigenvalue weighted by Crippen LogP contribution is 2.13. The van der Waals surface area contributed by atoms with Crippen LogP contribution < -0.4 is 15.8 Å². The Morgan fingerprint density at radius 2 is 1.81 bits per heavy atom. The van der Waals surface area contributed by atoms with E-state index in [0.29, 0.717) is 22.7 Å².